The van der Waals surface area contributed by atoms with Crippen LogP contribution in [0.1, 0.15) is 28.8 Å². The molecule has 1 aliphatic heterocycles. The average Bonchev–Trinajstić information content (AvgIpc) is 2.67. The molecule has 2 amide bonds. The summed E-state index contributed by atoms with van der Waals surface area (Å²) < 4.78 is 12.9. The largest absolute Gasteiger partial charge is 0.352 e. The van der Waals surface area contributed by atoms with Crippen LogP contribution in [0.3, 0.4) is 0 Å². The number of likely N-dealkylation sites (tertiary alicyclic amines) is 1. The number of carbonyl (C=O) groups excluding carboxylic acids is 2. The fourth-order valence-electron chi connectivity index (χ4n) is 3.06. The maximum atomic E-state index is 12.9. The zero-order valence-electron chi connectivity index (χ0n) is 14.3. The molecule has 4 nitrogen and oxygen atoms in total. The molecule has 0 bridgehead atoms. The summed E-state index contributed by atoms with van der Waals surface area (Å²) in [6.07, 6.45) is 1.27. The van der Waals surface area contributed by atoms with Crippen molar-refractivity contribution in [1.82, 2.24) is 10.2 Å². The highest BCUT2D eigenvalue weighted by Crippen LogP contribution is 2.20. The Morgan fingerprint density at radius 3 is 2.27 bits per heavy atom. The lowest BCUT2D eigenvalue weighted by molar-refractivity contribution is -0.126. The van der Waals surface area contributed by atoms with Crippen molar-refractivity contribution in [3.8, 4) is 0 Å². The molecule has 2 aromatic rings. The Labute approximate surface area is 157 Å². The van der Waals surface area contributed by atoms with E-state index >= 15 is 0 Å². The van der Waals surface area contributed by atoms with Gasteiger partial charge in [-0.25, -0.2) is 4.39 Å². The van der Waals surface area contributed by atoms with Crippen LogP contribution in [0.5, 0.6) is 0 Å². The van der Waals surface area contributed by atoms with E-state index in [1.807, 2.05) is 0 Å². The Morgan fingerprint density at radius 1 is 1.04 bits per heavy atom. The van der Waals surface area contributed by atoms with Gasteiger partial charge < -0.3 is 10.2 Å². The van der Waals surface area contributed by atoms with Crippen LogP contribution in [0.15, 0.2) is 48.5 Å². The fraction of sp³-hybridized carbons (Fsp3) is 0.300. The molecule has 1 aliphatic rings. The molecule has 0 saturated carbocycles. The van der Waals surface area contributed by atoms with Gasteiger partial charge >= 0.3 is 0 Å². The summed E-state index contributed by atoms with van der Waals surface area (Å²) in [6, 6.07) is 12.9. The molecule has 1 fully saturated rings. The van der Waals surface area contributed by atoms with Crippen LogP contribution in [-0.2, 0) is 11.3 Å². The van der Waals surface area contributed by atoms with Gasteiger partial charge in [-0.05, 0) is 54.8 Å². The number of amides is 2. The molecule has 6 heteroatoms. The molecule has 2 aromatic carbocycles. The van der Waals surface area contributed by atoms with E-state index < -0.39 is 0 Å². The summed E-state index contributed by atoms with van der Waals surface area (Å²) in [4.78, 5) is 26.6. The van der Waals surface area contributed by atoms with Crippen molar-refractivity contribution in [1.29, 1.82) is 0 Å². The van der Waals surface area contributed by atoms with Gasteiger partial charge in [0.2, 0.25) is 5.91 Å². The lowest BCUT2D eigenvalue weighted by Gasteiger charge is -2.31. The Hall–Kier alpha value is -2.40. The molecule has 0 aromatic heterocycles. The Bertz CT molecular complexity index is 769. The number of nitrogens with zero attached hydrogens (tertiary/aromatic N) is 1. The topological polar surface area (TPSA) is 49.4 Å². The molecule has 3 rings (SSSR count). The van der Waals surface area contributed by atoms with E-state index in [-0.39, 0.29) is 23.5 Å². The highest BCUT2D eigenvalue weighted by Gasteiger charge is 2.27. The number of hydrogen-bond donors (Lipinski definition) is 1. The van der Waals surface area contributed by atoms with Crippen molar-refractivity contribution >= 4 is 23.4 Å². The number of nitrogens with one attached hydrogen (secondary N) is 1. The van der Waals surface area contributed by atoms with E-state index in [1.165, 1.54) is 12.1 Å². The van der Waals surface area contributed by atoms with E-state index in [1.54, 1.807) is 41.3 Å². The van der Waals surface area contributed by atoms with Gasteiger partial charge in [-0.3, -0.25) is 9.59 Å². The van der Waals surface area contributed by atoms with E-state index in [9.17, 15) is 14.0 Å². The van der Waals surface area contributed by atoms with E-state index in [0.29, 0.717) is 43.1 Å². The third-order valence-electron chi connectivity index (χ3n) is 4.62. The van der Waals surface area contributed by atoms with Crippen LogP contribution in [0.25, 0.3) is 0 Å². The summed E-state index contributed by atoms with van der Waals surface area (Å²) >= 11 is 5.85. The Kier molecular flexibility index (Phi) is 5.89. The van der Waals surface area contributed by atoms with Gasteiger partial charge in [0.05, 0.1) is 0 Å². The lowest BCUT2D eigenvalue weighted by atomic mass is 9.95. The molecule has 0 aliphatic carbocycles. The second-order valence-corrected chi connectivity index (χ2v) is 6.85. The number of hydrogen-bond acceptors (Lipinski definition) is 2. The van der Waals surface area contributed by atoms with Gasteiger partial charge in [0.25, 0.3) is 5.91 Å². The maximum absolute atomic E-state index is 12.9. The predicted octanol–water partition coefficient (Wildman–Crippen LogP) is 3.65. The minimum atomic E-state index is -0.294. The van der Waals surface area contributed by atoms with E-state index in [0.717, 1.165) is 5.56 Å². The number of carbonyl (C=O) groups is 2. The number of rotatable bonds is 4. The molecule has 0 radical (unpaired) electrons. The first-order valence-electron chi connectivity index (χ1n) is 8.60. The van der Waals surface area contributed by atoms with Gasteiger partial charge in [0.15, 0.2) is 0 Å². The van der Waals surface area contributed by atoms with Crippen molar-refractivity contribution in [2.75, 3.05) is 13.1 Å². The Morgan fingerprint density at radius 2 is 1.65 bits per heavy atom. The van der Waals surface area contributed by atoms with Crippen LogP contribution < -0.4 is 5.32 Å². The molecule has 0 spiro atoms. The van der Waals surface area contributed by atoms with Crippen LogP contribution in [0, 0.1) is 11.7 Å². The summed E-state index contributed by atoms with van der Waals surface area (Å²) in [5.74, 6) is -0.456. The lowest BCUT2D eigenvalue weighted by Crippen LogP contribution is -2.42. The minimum Gasteiger partial charge on any atom is -0.352 e. The van der Waals surface area contributed by atoms with Crippen molar-refractivity contribution in [3.63, 3.8) is 0 Å². The monoisotopic (exact) mass is 374 g/mol. The predicted molar refractivity (Wildman–Crippen MR) is 98.3 cm³/mol. The number of piperidine rings is 1. The van der Waals surface area contributed by atoms with Crippen molar-refractivity contribution < 1.29 is 14.0 Å². The second kappa shape index (κ2) is 8.32. The number of benzene rings is 2. The molecule has 26 heavy (non-hydrogen) atoms. The van der Waals surface area contributed by atoms with E-state index in [4.69, 9.17) is 11.6 Å². The van der Waals surface area contributed by atoms with Gasteiger partial charge in [-0.2, -0.15) is 0 Å². The maximum Gasteiger partial charge on any atom is 0.253 e. The van der Waals surface area contributed by atoms with Crippen molar-refractivity contribution in [3.05, 3.63) is 70.5 Å². The van der Waals surface area contributed by atoms with Crippen LogP contribution in [0.4, 0.5) is 4.39 Å². The third-order valence-corrected chi connectivity index (χ3v) is 4.88. The Balaban J connectivity index is 1.48. The molecule has 0 unspecified atom stereocenters. The van der Waals surface area contributed by atoms with Crippen LogP contribution in [-0.4, -0.2) is 29.8 Å². The molecule has 136 valence electrons. The third kappa shape index (κ3) is 4.61. The summed E-state index contributed by atoms with van der Waals surface area (Å²) in [5.41, 5.74) is 1.46. The highest BCUT2D eigenvalue weighted by molar-refractivity contribution is 6.30. The molecule has 0 atom stereocenters. The van der Waals surface area contributed by atoms with Crippen molar-refractivity contribution in [2.45, 2.75) is 19.4 Å². The van der Waals surface area contributed by atoms with Gasteiger partial charge in [-0.15, -0.1) is 0 Å². The zero-order chi connectivity index (χ0) is 18.5. The van der Waals surface area contributed by atoms with Crippen molar-refractivity contribution in [2.24, 2.45) is 5.92 Å². The molecule has 1 heterocycles. The van der Waals surface area contributed by atoms with Gasteiger partial charge in [-0.1, -0.05) is 23.7 Å². The zero-order valence-corrected chi connectivity index (χ0v) is 15.0. The summed E-state index contributed by atoms with van der Waals surface area (Å²) in [5, 5.41) is 3.49. The second-order valence-electron chi connectivity index (χ2n) is 6.42. The first kappa shape index (κ1) is 18.4. The molecule has 1 N–H and O–H groups in total. The smallest absolute Gasteiger partial charge is 0.253 e. The molecular formula is C20H20ClFN2O2. The van der Waals surface area contributed by atoms with Crippen LogP contribution in [0.2, 0.25) is 5.02 Å². The van der Waals surface area contributed by atoms with Gasteiger partial charge in [0.1, 0.15) is 5.82 Å². The first-order valence-corrected chi connectivity index (χ1v) is 8.98. The minimum absolute atomic E-state index is 0.0204. The first-order chi connectivity index (χ1) is 12.5. The average molecular weight is 375 g/mol. The molecular weight excluding hydrogens is 355 g/mol. The summed E-state index contributed by atoms with van der Waals surface area (Å²) in [7, 11) is 0. The highest BCUT2D eigenvalue weighted by atomic mass is 35.5. The summed E-state index contributed by atoms with van der Waals surface area (Å²) in [6.45, 7) is 1.48. The standard InChI is InChI=1S/C20H20ClFN2O2/c21-17-5-3-16(4-6-17)20(26)24-11-9-15(10-12-24)19(25)23-13-14-1-7-18(22)8-2-14/h1-8,15H,9-13H2,(H,23,25). The quantitative estimate of drug-likeness (QED) is 0.888. The number of halogens is 2. The van der Waals surface area contributed by atoms with Gasteiger partial charge in [0, 0.05) is 36.1 Å². The normalized spacial score (nSPS) is 14.9. The van der Waals surface area contributed by atoms with E-state index in [2.05, 4.69) is 5.32 Å². The molecule has 1 saturated heterocycles. The SMILES string of the molecule is O=C(NCc1ccc(F)cc1)C1CCN(C(=O)c2ccc(Cl)cc2)CC1. The fourth-order valence-corrected chi connectivity index (χ4v) is 3.18. The van der Waals surface area contributed by atoms with Crippen LogP contribution >= 0.6 is 11.6 Å².